The second-order valence-corrected chi connectivity index (χ2v) is 9.29. The SMILES string of the molecule is CCCCc1nc2c(N)nc3ccccc3c2n1Cc1ccc(CNC(=O)CCOCCOCCN)cc1. The summed E-state index contributed by atoms with van der Waals surface area (Å²) in [7, 11) is 0. The van der Waals surface area contributed by atoms with Crippen molar-refractivity contribution in [1.29, 1.82) is 0 Å². The van der Waals surface area contributed by atoms with Crippen LogP contribution in [-0.2, 0) is 33.8 Å². The summed E-state index contributed by atoms with van der Waals surface area (Å²) in [6, 6.07) is 16.4. The number of aromatic nitrogens is 3. The van der Waals surface area contributed by atoms with Crippen LogP contribution >= 0.6 is 0 Å². The predicted molar refractivity (Wildman–Crippen MR) is 151 cm³/mol. The Bertz CT molecular complexity index is 1340. The van der Waals surface area contributed by atoms with E-state index in [2.05, 4.69) is 52.1 Å². The largest absolute Gasteiger partial charge is 0.382 e. The number of rotatable bonds is 15. The highest BCUT2D eigenvalue weighted by Crippen LogP contribution is 2.30. The van der Waals surface area contributed by atoms with Gasteiger partial charge in [-0.15, -0.1) is 0 Å². The van der Waals surface area contributed by atoms with Gasteiger partial charge in [-0.05, 0) is 23.6 Å². The van der Waals surface area contributed by atoms with Crippen molar-refractivity contribution in [3.63, 3.8) is 0 Å². The lowest BCUT2D eigenvalue weighted by atomic mass is 10.1. The van der Waals surface area contributed by atoms with Crippen LogP contribution in [0.2, 0.25) is 0 Å². The molecule has 202 valence electrons. The Kier molecular flexibility index (Phi) is 10.0. The average molecular weight is 519 g/mol. The van der Waals surface area contributed by atoms with E-state index in [0.717, 1.165) is 58.2 Å². The zero-order valence-electron chi connectivity index (χ0n) is 22.1. The molecule has 4 rings (SSSR count). The number of fused-ring (bicyclic) bond motifs is 3. The predicted octanol–water partition coefficient (Wildman–Crippen LogP) is 3.56. The highest BCUT2D eigenvalue weighted by molar-refractivity contribution is 6.06. The molecule has 0 aliphatic rings. The Morgan fingerprint density at radius 2 is 1.71 bits per heavy atom. The van der Waals surface area contributed by atoms with Gasteiger partial charge >= 0.3 is 0 Å². The number of anilines is 1. The Hall–Kier alpha value is -3.53. The number of amides is 1. The van der Waals surface area contributed by atoms with Crippen molar-refractivity contribution in [1.82, 2.24) is 19.9 Å². The fraction of sp³-hybridized carbons (Fsp3) is 0.414. The third-order valence-corrected chi connectivity index (χ3v) is 6.40. The van der Waals surface area contributed by atoms with Crippen LogP contribution in [0.4, 0.5) is 5.82 Å². The summed E-state index contributed by atoms with van der Waals surface area (Å²) in [5.74, 6) is 1.45. The van der Waals surface area contributed by atoms with Gasteiger partial charge in [-0.1, -0.05) is 55.8 Å². The average Bonchev–Trinajstić information content (AvgIpc) is 3.30. The molecule has 2 aromatic carbocycles. The topological polar surface area (TPSA) is 130 Å². The van der Waals surface area contributed by atoms with Crippen LogP contribution in [-0.4, -0.2) is 53.4 Å². The monoisotopic (exact) mass is 518 g/mol. The first-order valence-corrected chi connectivity index (χ1v) is 13.3. The number of ether oxygens (including phenoxy) is 2. The molecule has 1 amide bonds. The molecule has 0 atom stereocenters. The van der Waals surface area contributed by atoms with Gasteiger partial charge in [0.15, 0.2) is 5.82 Å². The van der Waals surface area contributed by atoms with Gasteiger partial charge in [-0.2, -0.15) is 0 Å². The van der Waals surface area contributed by atoms with Crippen LogP contribution in [0.5, 0.6) is 0 Å². The number of nitrogens with one attached hydrogen (secondary N) is 1. The summed E-state index contributed by atoms with van der Waals surface area (Å²) in [4.78, 5) is 21.6. The highest BCUT2D eigenvalue weighted by atomic mass is 16.5. The van der Waals surface area contributed by atoms with E-state index in [1.54, 1.807) is 0 Å². The number of carbonyl (C=O) groups is 1. The van der Waals surface area contributed by atoms with Gasteiger partial charge in [-0.25, -0.2) is 9.97 Å². The van der Waals surface area contributed by atoms with Crippen LogP contribution in [0.25, 0.3) is 21.9 Å². The van der Waals surface area contributed by atoms with Crippen molar-refractivity contribution in [3.05, 3.63) is 65.5 Å². The van der Waals surface area contributed by atoms with Gasteiger partial charge < -0.3 is 30.8 Å². The molecule has 9 heteroatoms. The van der Waals surface area contributed by atoms with Gasteiger partial charge in [0.1, 0.15) is 11.3 Å². The van der Waals surface area contributed by atoms with Crippen molar-refractivity contribution in [2.75, 3.05) is 38.7 Å². The van der Waals surface area contributed by atoms with Gasteiger partial charge in [0.25, 0.3) is 0 Å². The molecule has 5 N–H and O–H groups in total. The Morgan fingerprint density at radius 3 is 2.47 bits per heavy atom. The Balaban J connectivity index is 1.40. The maximum absolute atomic E-state index is 12.1. The molecule has 0 saturated carbocycles. The first-order chi connectivity index (χ1) is 18.6. The van der Waals surface area contributed by atoms with E-state index < -0.39 is 0 Å². The summed E-state index contributed by atoms with van der Waals surface area (Å²) in [5, 5.41) is 4.01. The first-order valence-electron chi connectivity index (χ1n) is 13.3. The molecule has 0 spiro atoms. The summed E-state index contributed by atoms with van der Waals surface area (Å²) in [6.07, 6.45) is 3.34. The molecule has 0 fully saturated rings. The lowest BCUT2D eigenvalue weighted by Crippen LogP contribution is -2.24. The molecule has 9 nitrogen and oxygen atoms in total. The zero-order valence-corrected chi connectivity index (χ0v) is 22.1. The van der Waals surface area contributed by atoms with E-state index in [1.165, 1.54) is 0 Å². The minimum absolute atomic E-state index is 0.0412. The normalized spacial score (nSPS) is 11.4. The fourth-order valence-electron chi connectivity index (χ4n) is 4.41. The molecule has 4 aromatic rings. The highest BCUT2D eigenvalue weighted by Gasteiger charge is 2.17. The molecule has 0 aliphatic heterocycles. The van der Waals surface area contributed by atoms with E-state index in [9.17, 15) is 4.79 Å². The summed E-state index contributed by atoms with van der Waals surface area (Å²) in [5.41, 5.74) is 16.6. The number of pyridine rings is 1. The summed E-state index contributed by atoms with van der Waals surface area (Å²) >= 11 is 0. The fourth-order valence-corrected chi connectivity index (χ4v) is 4.41. The maximum atomic E-state index is 12.1. The van der Waals surface area contributed by atoms with E-state index >= 15 is 0 Å². The number of nitrogen functional groups attached to an aromatic ring is 1. The lowest BCUT2D eigenvalue weighted by molar-refractivity contribution is -0.122. The molecule has 2 aromatic heterocycles. The lowest BCUT2D eigenvalue weighted by Gasteiger charge is -2.12. The van der Waals surface area contributed by atoms with Crippen LogP contribution in [0.3, 0.4) is 0 Å². The first kappa shape index (κ1) is 27.5. The second-order valence-electron chi connectivity index (χ2n) is 9.29. The molecule has 0 bridgehead atoms. The van der Waals surface area contributed by atoms with Gasteiger partial charge in [0.2, 0.25) is 5.91 Å². The van der Waals surface area contributed by atoms with Crippen LogP contribution in [0.1, 0.15) is 43.1 Å². The van der Waals surface area contributed by atoms with Crippen molar-refractivity contribution in [2.45, 2.75) is 45.7 Å². The van der Waals surface area contributed by atoms with Gasteiger partial charge in [0.05, 0.1) is 37.5 Å². The van der Waals surface area contributed by atoms with Crippen molar-refractivity contribution < 1.29 is 14.3 Å². The van der Waals surface area contributed by atoms with Crippen molar-refractivity contribution >= 4 is 33.7 Å². The van der Waals surface area contributed by atoms with Gasteiger partial charge in [0, 0.05) is 37.9 Å². The quantitative estimate of drug-likeness (QED) is 0.205. The molecule has 0 radical (unpaired) electrons. The number of para-hydroxylation sites is 1. The Labute approximate surface area is 223 Å². The number of nitrogens with two attached hydrogens (primary N) is 2. The van der Waals surface area contributed by atoms with Gasteiger partial charge in [-0.3, -0.25) is 4.79 Å². The third-order valence-electron chi connectivity index (χ3n) is 6.40. The number of hydrogen-bond acceptors (Lipinski definition) is 7. The summed E-state index contributed by atoms with van der Waals surface area (Å²) in [6.45, 7) is 5.66. The molecule has 38 heavy (non-hydrogen) atoms. The third kappa shape index (κ3) is 7.06. The zero-order chi connectivity index (χ0) is 26.7. The maximum Gasteiger partial charge on any atom is 0.222 e. The number of aryl methyl sites for hydroxylation is 1. The molecule has 2 heterocycles. The number of benzene rings is 2. The number of hydrogen-bond donors (Lipinski definition) is 3. The van der Waals surface area contributed by atoms with Crippen molar-refractivity contribution in [3.8, 4) is 0 Å². The Morgan fingerprint density at radius 1 is 0.974 bits per heavy atom. The molecular weight excluding hydrogens is 480 g/mol. The van der Waals surface area contributed by atoms with E-state index in [1.807, 2.05) is 18.2 Å². The van der Waals surface area contributed by atoms with E-state index in [0.29, 0.717) is 58.3 Å². The van der Waals surface area contributed by atoms with Crippen LogP contribution in [0.15, 0.2) is 48.5 Å². The smallest absolute Gasteiger partial charge is 0.222 e. The number of unbranched alkanes of at least 4 members (excludes halogenated alkanes) is 1. The molecular formula is C29H38N6O3. The minimum atomic E-state index is -0.0412. The molecule has 0 aliphatic carbocycles. The van der Waals surface area contributed by atoms with E-state index in [4.69, 9.17) is 25.9 Å². The molecule has 0 unspecified atom stereocenters. The van der Waals surface area contributed by atoms with Crippen molar-refractivity contribution in [2.24, 2.45) is 5.73 Å². The number of nitrogens with zero attached hydrogens (tertiary/aromatic N) is 3. The summed E-state index contributed by atoms with van der Waals surface area (Å²) < 4.78 is 12.9. The minimum Gasteiger partial charge on any atom is -0.382 e. The standard InChI is InChI=1S/C29H38N6O3/c1-2-3-8-25-34-27-28(23-6-4-5-7-24(23)33-29(27)31)35(25)20-22-11-9-21(10-12-22)19-32-26(36)13-15-37-17-18-38-16-14-30/h4-7,9-12H,2-3,8,13-20,30H2,1H3,(H2,31,33)(H,32,36). The van der Waals surface area contributed by atoms with Crippen LogP contribution < -0.4 is 16.8 Å². The van der Waals surface area contributed by atoms with Crippen LogP contribution in [0, 0.1) is 0 Å². The number of carbonyl (C=O) groups excluding carboxylic acids is 1. The number of imidazole rings is 1. The van der Waals surface area contributed by atoms with E-state index in [-0.39, 0.29) is 5.91 Å². The molecule has 0 saturated heterocycles. The second kappa shape index (κ2) is 13.9.